The van der Waals surface area contributed by atoms with Crippen LogP contribution in [-0.4, -0.2) is 39.8 Å². The Morgan fingerprint density at radius 1 is 1.56 bits per heavy atom. The molecule has 1 amide bonds. The topological polar surface area (TPSA) is 62.7 Å². The normalized spacial score (nSPS) is 23.2. The van der Waals surface area contributed by atoms with Crippen molar-refractivity contribution in [3.63, 3.8) is 0 Å². The molecular formula is C11H12F2N2O3. The van der Waals surface area contributed by atoms with Gasteiger partial charge in [-0.15, -0.1) is 0 Å². The van der Waals surface area contributed by atoms with Crippen molar-refractivity contribution in [2.45, 2.75) is 25.5 Å². The van der Waals surface area contributed by atoms with E-state index in [4.69, 9.17) is 9.84 Å². The molecular weight excluding hydrogens is 246 g/mol. The van der Waals surface area contributed by atoms with Crippen LogP contribution in [0.2, 0.25) is 0 Å². The first-order valence-electron chi connectivity index (χ1n) is 5.44. The molecule has 98 valence electrons. The maximum absolute atomic E-state index is 12.9. The summed E-state index contributed by atoms with van der Waals surface area (Å²) in [6.45, 7) is 1.95. The standard InChI is InChI=1S/C11H12F2N2O3/c1-6-2-7(5-15(6)11(16)17)18-10-3-8(12)9(13)4-14-10/h3-4,6-7H,2,5H2,1H3,(H,16,17)/t6-,7+/m0/s1. The number of carbonyl (C=O) groups is 1. The highest BCUT2D eigenvalue weighted by molar-refractivity contribution is 5.65. The van der Waals surface area contributed by atoms with Crippen LogP contribution >= 0.6 is 0 Å². The summed E-state index contributed by atoms with van der Waals surface area (Å²) in [5.74, 6) is -2.13. The summed E-state index contributed by atoms with van der Waals surface area (Å²) in [4.78, 5) is 15.7. The molecule has 7 heteroatoms. The van der Waals surface area contributed by atoms with Crippen LogP contribution in [0, 0.1) is 11.6 Å². The highest BCUT2D eigenvalue weighted by Crippen LogP contribution is 2.22. The Labute approximate surface area is 102 Å². The van der Waals surface area contributed by atoms with Gasteiger partial charge in [-0.3, -0.25) is 0 Å². The molecule has 5 nitrogen and oxygen atoms in total. The van der Waals surface area contributed by atoms with Crippen LogP contribution in [0.25, 0.3) is 0 Å². The Bertz CT molecular complexity index is 470. The lowest BCUT2D eigenvalue weighted by Crippen LogP contribution is -2.33. The van der Waals surface area contributed by atoms with Crippen LogP contribution in [0.15, 0.2) is 12.3 Å². The van der Waals surface area contributed by atoms with Gasteiger partial charge in [0.1, 0.15) is 6.10 Å². The van der Waals surface area contributed by atoms with Crippen molar-refractivity contribution in [3.05, 3.63) is 23.9 Å². The van der Waals surface area contributed by atoms with E-state index in [1.807, 2.05) is 0 Å². The molecule has 0 saturated carbocycles. The van der Waals surface area contributed by atoms with Gasteiger partial charge in [0.2, 0.25) is 5.88 Å². The van der Waals surface area contributed by atoms with Gasteiger partial charge in [-0.05, 0) is 6.92 Å². The second-order valence-electron chi connectivity index (χ2n) is 4.20. The molecule has 0 bridgehead atoms. The van der Waals surface area contributed by atoms with E-state index >= 15 is 0 Å². The monoisotopic (exact) mass is 258 g/mol. The van der Waals surface area contributed by atoms with E-state index in [2.05, 4.69) is 4.98 Å². The van der Waals surface area contributed by atoms with Gasteiger partial charge in [-0.1, -0.05) is 0 Å². The average molecular weight is 258 g/mol. The van der Waals surface area contributed by atoms with Crippen LogP contribution in [0.4, 0.5) is 13.6 Å². The number of hydrogen-bond donors (Lipinski definition) is 1. The summed E-state index contributed by atoms with van der Waals surface area (Å²) >= 11 is 0. The van der Waals surface area contributed by atoms with E-state index in [0.29, 0.717) is 6.42 Å². The molecule has 1 aliphatic rings. The summed E-state index contributed by atoms with van der Waals surface area (Å²) < 4.78 is 30.9. The summed E-state index contributed by atoms with van der Waals surface area (Å²) in [7, 11) is 0. The van der Waals surface area contributed by atoms with Crippen LogP contribution in [-0.2, 0) is 0 Å². The van der Waals surface area contributed by atoms with E-state index < -0.39 is 23.8 Å². The van der Waals surface area contributed by atoms with Crippen molar-refractivity contribution < 1.29 is 23.4 Å². The van der Waals surface area contributed by atoms with Crippen LogP contribution in [0.1, 0.15) is 13.3 Å². The van der Waals surface area contributed by atoms with Crippen molar-refractivity contribution in [2.75, 3.05) is 6.54 Å². The molecule has 1 saturated heterocycles. The number of halogens is 2. The van der Waals surface area contributed by atoms with E-state index in [1.54, 1.807) is 6.92 Å². The Kier molecular flexibility index (Phi) is 3.31. The number of aromatic nitrogens is 1. The minimum atomic E-state index is -1.05. The molecule has 0 radical (unpaired) electrons. The average Bonchev–Trinajstić information content (AvgIpc) is 2.65. The summed E-state index contributed by atoms with van der Waals surface area (Å²) in [6, 6.07) is 0.682. The predicted octanol–water partition coefficient (Wildman–Crippen LogP) is 1.88. The van der Waals surface area contributed by atoms with Gasteiger partial charge in [0.05, 0.1) is 12.7 Å². The molecule has 1 aromatic rings. The lowest BCUT2D eigenvalue weighted by Gasteiger charge is -2.16. The van der Waals surface area contributed by atoms with Gasteiger partial charge < -0.3 is 14.7 Å². The maximum Gasteiger partial charge on any atom is 0.407 e. The quantitative estimate of drug-likeness (QED) is 0.879. The van der Waals surface area contributed by atoms with E-state index in [0.717, 1.165) is 12.3 Å². The van der Waals surface area contributed by atoms with Crippen molar-refractivity contribution in [3.8, 4) is 5.88 Å². The zero-order chi connectivity index (χ0) is 13.3. The fourth-order valence-corrected chi connectivity index (χ4v) is 1.97. The highest BCUT2D eigenvalue weighted by atomic mass is 19.2. The van der Waals surface area contributed by atoms with E-state index in [-0.39, 0.29) is 18.5 Å². The molecule has 1 fully saturated rings. The smallest absolute Gasteiger partial charge is 0.407 e. The number of pyridine rings is 1. The molecule has 1 aromatic heterocycles. The zero-order valence-electron chi connectivity index (χ0n) is 9.64. The Morgan fingerprint density at radius 2 is 2.28 bits per heavy atom. The molecule has 1 N–H and O–H groups in total. The lowest BCUT2D eigenvalue weighted by molar-refractivity contribution is 0.136. The number of carboxylic acid groups (broad SMARTS) is 1. The molecule has 2 heterocycles. The first kappa shape index (κ1) is 12.5. The second kappa shape index (κ2) is 4.75. The summed E-state index contributed by atoms with van der Waals surface area (Å²) in [5, 5.41) is 8.89. The third-order valence-corrected chi connectivity index (χ3v) is 2.85. The van der Waals surface area contributed by atoms with Crippen molar-refractivity contribution in [1.82, 2.24) is 9.88 Å². The van der Waals surface area contributed by atoms with Crippen molar-refractivity contribution in [2.24, 2.45) is 0 Å². The zero-order valence-corrected chi connectivity index (χ0v) is 9.64. The Balaban J connectivity index is 2.03. The van der Waals surface area contributed by atoms with Crippen LogP contribution < -0.4 is 4.74 Å². The minimum Gasteiger partial charge on any atom is -0.472 e. The number of ether oxygens (including phenoxy) is 1. The first-order valence-corrected chi connectivity index (χ1v) is 5.44. The van der Waals surface area contributed by atoms with Crippen LogP contribution in [0.5, 0.6) is 5.88 Å². The molecule has 1 aliphatic heterocycles. The fraction of sp³-hybridized carbons (Fsp3) is 0.455. The Hall–Kier alpha value is -1.92. The number of amides is 1. The highest BCUT2D eigenvalue weighted by Gasteiger charge is 2.33. The predicted molar refractivity (Wildman–Crippen MR) is 57.4 cm³/mol. The molecule has 18 heavy (non-hydrogen) atoms. The molecule has 0 unspecified atom stereocenters. The van der Waals surface area contributed by atoms with E-state index in [1.165, 1.54) is 4.90 Å². The van der Waals surface area contributed by atoms with Gasteiger partial charge in [0.25, 0.3) is 0 Å². The summed E-state index contributed by atoms with van der Waals surface area (Å²) in [5.41, 5.74) is 0. The van der Waals surface area contributed by atoms with E-state index in [9.17, 15) is 13.6 Å². The van der Waals surface area contributed by atoms with Gasteiger partial charge in [0.15, 0.2) is 11.6 Å². The van der Waals surface area contributed by atoms with Gasteiger partial charge in [-0.2, -0.15) is 0 Å². The first-order chi connectivity index (χ1) is 8.47. The van der Waals surface area contributed by atoms with Crippen molar-refractivity contribution >= 4 is 6.09 Å². The number of hydrogen-bond acceptors (Lipinski definition) is 3. The minimum absolute atomic E-state index is 0.0432. The lowest BCUT2D eigenvalue weighted by atomic mass is 10.2. The number of likely N-dealkylation sites (tertiary alicyclic amines) is 1. The van der Waals surface area contributed by atoms with Gasteiger partial charge >= 0.3 is 6.09 Å². The van der Waals surface area contributed by atoms with Gasteiger partial charge in [0, 0.05) is 18.5 Å². The maximum atomic E-state index is 12.9. The molecule has 0 spiro atoms. The summed E-state index contributed by atoms with van der Waals surface area (Å²) in [6.07, 6.45) is -0.189. The fourth-order valence-electron chi connectivity index (χ4n) is 1.97. The van der Waals surface area contributed by atoms with Crippen molar-refractivity contribution in [1.29, 1.82) is 0 Å². The number of nitrogens with zero attached hydrogens (tertiary/aromatic N) is 2. The SMILES string of the molecule is C[C@H]1C[C@@H](Oc2cc(F)c(F)cn2)CN1C(=O)O. The third kappa shape index (κ3) is 2.49. The number of rotatable bonds is 2. The Morgan fingerprint density at radius 3 is 2.83 bits per heavy atom. The van der Waals surface area contributed by atoms with Gasteiger partial charge in [-0.25, -0.2) is 18.6 Å². The molecule has 2 atom stereocenters. The largest absolute Gasteiger partial charge is 0.472 e. The molecule has 0 aliphatic carbocycles. The molecule has 0 aromatic carbocycles. The second-order valence-corrected chi connectivity index (χ2v) is 4.20. The third-order valence-electron chi connectivity index (χ3n) is 2.85. The van der Waals surface area contributed by atoms with Crippen LogP contribution in [0.3, 0.4) is 0 Å². The molecule has 2 rings (SSSR count).